The zero-order chi connectivity index (χ0) is 11.6. The molecule has 1 aromatic heterocycles. The van der Waals surface area contributed by atoms with Crippen molar-refractivity contribution in [1.29, 1.82) is 0 Å². The first-order valence-corrected chi connectivity index (χ1v) is 4.87. The molecule has 82 valence electrons. The van der Waals surface area contributed by atoms with Gasteiger partial charge in [-0.15, -0.1) is 0 Å². The molecule has 0 aliphatic rings. The molecule has 0 unspecified atom stereocenters. The predicted molar refractivity (Wildman–Crippen MR) is 53.0 cm³/mol. The number of aryl methyl sites for hydroxylation is 1. The Morgan fingerprint density at radius 3 is 2.73 bits per heavy atom. The molecule has 1 rings (SSSR count). The summed E-state index contributed by atoms with van der Waals surface area (Å²) in [5, 5.41) is 8.55. The lowest BCUT2D eigenvalue weighted by Crippen LogP contribution is -2.08. The number of rotatable bonds is 3. The first kappa shape index (κ1) is 12.0. The number of carboxylic acids is 1. The fraction of sp³-hybridized carbons (Fsp3) is 0.333. The summed E-state index contributed by atoms with van der Waals surface area (Å²) in [4.78, 5) is 14.2. The van der Waals surface area contributed by atoms with Crippen LogP contribution < -0.4 is 0 Å². The van der Waals surface area contributed by atoms with Crippen molar-refractivity contribution in [1.82, 2.24) is 4.98 Å². The summed E-state index contributed by atoms with van der Waals surface area (Å²) in [7, 11) is 0. The molecule has 1 aromatic rings. The molecular weight excluding hydrogens is 272 g/mol. The van der Waals surface area contributed by atoms with E-state index in [9.17, 15) is 13.6 Å². The molecule has 1 heterocycles. The Bertz CT molecular complexity index is 396. The average Bonchev–Trinajstić information content (AvgIpc) is 1.99. The number of nitrogens with zero attached hydrogens (tertiary/aromatic N) is 1. The number of carbonyl (C=O) groups is 1. The van der Waals surface area contributed by atoms with E-state index in [1.54, 1.807) is 0 Å². The Morgan fingerprint density at radius 1 is 1.67 bits per heavy atom. The summed E-state index contributed by atoms with van der Waals surface area (Å²) in [6, 6.07) is 1.44. The summed E-state index contributed by atoms with van der Waals surface area (Å²) < 4.78 is 25.6. The minimum atomic E-state index is -2.71. The van der Waals surface area contributed by atoms with E-state index in [2.05, 4.69) is 20.9 Å². The van der Waals surface area contributed by atoms with Crippen molar-refractivity contribution >= 4 is 21.9 Å². The number of alkyl halides is 2. The molecule has 15 heavy (non-hydrogen) atoms. The van der Waals surface area contributed by atoms with Gasteiger partial charge in [0.05, 0.1) is 12.1 Å². The van der Waals surface area contributed by atoms with Gasteiger partial charge in [-0.05, 0) is 34.5 Å². The van der Waals surface area contributed by atoms with Gasteiger partial charge in [0.25, 0.3) is 6.43 Å². The van der Waals surface area contributed by atoms with Gasteiger partial charge in [0, 0.05) is 5.56 Å². The number of pyridine rings is 1. The predicted octanol–water partition coefficient (Wildman–Crippen LogP) is 2.72. The molecule has 0 atom stereocenters. The molecule has 0 aliphatic carbocycles. The van der Waals surface area contributed by atoms with E-state index < -0.39 is 18.8 Å². The molecule has 0 aromatic carbocycles. The fourth-order valence-electron chi connectivity index (χ4n) is 1.28. The number of halogens is 3. The van der Waals surface area contributed by atoms with Crippen LogP contribution in [0.1, 0.15) is 23.2 Å². The highest BCUT2D eigenvalue weighted by atomic mass is 79.9. The van der Waals surface area contributed by atoms with Crippen molar-refractivity contribution in [3.05, 3.63) is 27.5 Å². The first-order valence-electron chi connectivity index (χ1n) is 4.07. The zero-order valence-corrected chi connectivity index (χ0v) is 9.38. The topological polar surface area (TPSA) is 50.2 Å². The molecule has 3 nitrogen and oxygen atoms in total. The van der Waals surface area contributed by atoms with E-state index in [4.69, 9.17) is 5.11 Å². The van der Waals surface area contributed by atoms with Gasteiger partial charge < -0.3 is 5.11 Å². The Balaban J connectivity index is 3.26. The Morgan fingerprint density at radius 2 is 2.27 bits per heavy atom. The van der Waals surface area contributed by atoms with Crippen molar-refractivity contribution in [3.8, 4) is 0 Å². The van der Waals surface area contributed by atoms with Crippen LogP contribution in [0.25, 0.3) is 0 Å². The van der Waals surface area contributed by atoms with E-state index in [1.165, 1.54) is 13.0 Å². The number of aliphatic carboxylic acids is 1. The molecule has 0 amide bonds. The summed E-state index contributed by atoms with van der Waals surface area (Å²) >= 11 is 3.04. The molecule has 0 aliphatic heterocycles. The van der Waals surface area contributed by atoms with Crippen LogP contribution in [0.5, 0.6) is 0 Å². The zero-order valence-electron chi connectivity index (χ0n) is 7.80. The van der Waals surface area contributed by atoms with Crippen molar-refractivity contribution in [2.24, 2.45) is 0 Å². The van der Waals surface area contributed by atoms with Crippen LogP contribution in [-0.4, -0.2) is 16.1 Å². The number of hydrogen-bond donors (Lipinski definition) is 1. The van der Waals surface area contributed by atoms with Crippen LogP contribution in [0, 0.1) is 6.92 Å². The Labute approximate surface area is 93.3 Å². The normalized spacial score (nSPS) is 10.7. The minimum Gasteiger partial charge on any atom is -0.481 e. The maximum Gasteiger partial charge on any atom is 0.309 e. The van der Waals surface area contributed by atoms with Gasteiger partial charge in [0.1, 0.15) is 4.60 Å². The van der Waals surface area contributed by atoms with Crippen LogP contribution in [-0.2, 0) is 11.2 Å². The summed E-state index contributed by atoms with van der Waals surface area (Å²) in [6.07, 6.45) is -3.21. The van der Waals surface area contributed by atoms with Crippen LogP contribution in [0.15, 0.2) is 10.7 Å². The third-order valence-corrected chi connectivity index (χ3v) is 2.26. The second-order valence-corrected chi connectivity index (χ2v) is 3.81. The lowest BCUT2D eigenvalue weighted by molar-refractivity contribution is -0.136. The molecule has 0 fully saturated rings. The maximum atomic E-state index is 12.6. The molecule has 0 spiro atoms. The highest BCUT2D eigenvalue weighted by Gasteiger charge is 2.19. The van der Waals surface area contributed by atoms with E-state index in [-0.39, 0.29) is 11.3 Å². The van der Waals surface area contributed by atoms with E-state index >= 15 is 0 Å². The number of aromatic nitrogens is 1. The number of hydrogen-bond acceptors (Lipinski definition) is 2. The summed E-state index contributed by atoms with van der Waals surface area (Å²) in [6.45, 7) is 1.50. The largest absolute Gasteiger partial charge is 0.481 e. The minimum absolute atomic E-state index is 0.0932. The van der Waals surface area contributed by atoms with Gasteiger partial charge in [-0.1, -0.05) is 0 Å². The third-order valence-electron chi connectivity index (χ3n) is 1.85. The molecule has 0 saturated heterocycles. The second-order valence-electron chi connectivity index (χ2n) is 2.99. The second kappa shape index (κ2) is 4.65. The molecule has 0 bridgehead atoms. The van der Waals surface area contributed by atoms with E-state index in [0.717, 1.165) is 0 Å². The first-order chi connectivity index (χ1) is 6.91. The summed E-state index contributed by atoms with van der Waals surface area (Å²) in [5.74, 6) is -1.18. The fourth-order valence-corrected chi connectivity index (χ4v) is 1.84. The lowest BCUT2D eigenvalue weighted by Gasteiger charge is -2.10. The lowest BCUT2D eigenvalue weighted by atomic mass is 10.1. The van der Waals surface area contributed by atoms with Gasteiger partial charge in [0.2, 0.25) is 0 Å². The summed E-state index contributed by atoms with van der Waals surface area (Å²) in [5.41, 5.74) is -0.0481. The molecule has 0 saturated carbocycles. The third kappa shape index (κ3) is 2.95. The molecule has 1 N–H and O–H groups in total. The molecule has 0 radical (unpaired) electrons. The van der Waals surface area contributed by atoms with E-state index in [0.29, 0.717) is 10.2 Å². The van der Waals surface area contributed by atoms with Crippen LogP contribution in [0.2, 0.25) is 0 Å². The van der Waals surface area contributed by atoms with Gasteiger partial charge >= 0.3 is 5.97 Å². The van der Waals surface area contributed by atoms with Crippen molar-refractivity contribution < 1.29 is 18.7 Å². The van der Waals surface area contributed by atoms with E-state index in [1.807, 2.05) is 0 Å². The van der Waals surface area contributed by atoms with Crippen molar-refractivity contribution in [2.75, 3.05) is 0 Å². The van der Waals surface area contributed by atoms with Crippen LogP contribution in [0.3, 0.4) is 0 Å². The van der Waals surface area contributed by atoms with Crippen LogP contribution >= 0.6 is 15.9 Å². The SMILES string of the molecule is Cc1cc(Br)nc(CC(=O)O)c1C(F)F. The maximum absolute atomic E-state index is 12.6. The highest BCUT2D eigenvalue weighted by Crippen LogP contribution is 2.27. The smallest absolute Gasteiger partial charge is 0.309 e. The van der Waals surface area contributed by atoms with Crippen molar-refractivity contribution in [2.45, 2.75) is 19.8 Å². The molecule has 6 heteroatoms. The Kier molecular flexibility index (Phi) is 3.73. The standard InChI is InChI=1S/C9H8BrF2NO2/c1-4-2-6(10)13-5(3-7(14)15)8(4)9(11)12/h2,9H,3H2,1H3,(H,14,15). The van der Waals surface area contributed by atoms with Crippen molar-refractivity contribution in [3.63, 3.8) is 0 Å². The van der Waals surface area contributed by atoms with Gasteiger partial charge in [-0.2, -0.15) is 0 Å². The number of carboxylic acid groups (broad SMARTS) is 1. The average molecular weight is 280 g/mol. The quantitative estimate of drug-likeness (QED) is 0.866. The Hall–Kier alpha value is -1.04. The van der Waals surface area contributed by atoms with Crippen LogP contribution in [0.4, 0.5) is 8.78 Å². The van der Waals surface area contributed by atoms with Gasteiger partial charge in [-0.3, -0.25) is 4.79 Å². The molecular formula is C9H8BrF2NO2. The van der Waals surface area contributed by atoms with Gasteiger partial charge in [0.15, 0.2) is 0 Å². The highest BCUT2D eigenvalue weighted by molar-refractivity contribution is 9.10. The monoisotopic (exact) mass is 279 g/mol. The van der Waals surface area contributed by atoms with Gasteiger partial charge in [-0.25, -0.2) is 13.8 Å².